The molecule has 19 heavy (non-hydrogen) atoms. The first-order valence-electron chi connectivity index (χ1n) is 7.29. The molecule has 0 spiro atoms. The summed E-state index contributed by atoms with van der Waals surface area (Å²) in [6.07, 6.45) is 2.77. The van der Waals surface area contributed by atoms with Crippen molar-refractivity contribution in [3.8, 4) is 0 Å². The molecule has 4 heterocycles. The zero-order chi connectivity index (χ0) is 12.7. The number of anilines is 1. The van der Waals surface area contributed by atoms with Crippen LogP contribution >= 0.6 is 0 Å². The molecule has 100 valence electrons. The van der Waals surface area contributed by atoms with Crippen molar-refractivity contribution in [1.82, 2.24) is 15.1 Å². The number of benzene rings is 1. The van der Waals surface area contributed by atoms with E-state index in [0.717, 1.165) is 29.7 Å². The number of para-hydroxylation sites is 1. The number of hydrogen-bond donors (Lipinski definition) is 2. The van der Waals surface area contributed by atoms with Crippen molar-refractivity contribution in [1.29, 1.82) is 0 Å². The Labute approximate surface area is 113 Å². The number of hydrogen-bond acceptors (Lipinski definition) is 3. The van der Waals surface area contributed by atoms with Crippen molar-refractivity contribution in [2.45, 2.75) is 12.8 Å². The number of nitrogens with zero attached hydrogens (tertiary/aromatic N) is 2. The SMILES string of the molecule is c1ccc2c(NCC3CN4CCC3CC4)n[nH]c2c1. The highest BCUT2D eigenvalue weighted by Crippen LogP contribution is 2.32. The molecule has 2 aromatic rings. The van der Waals surface area contributed by atoms with Crippen LogP contribution in [0.3, 0.4) is 0 Å². The first kappa shape index (κ1) is 11.3. The number of fused-ring (bicyclic) bond motifs is 4. The van der Waals surface area contributed by atoms with Gasteiger partial charge in [-0.05, 0) is 49.9 Å². The summed E-state index contributed by atoms with van der Waals surface area (Å²) in [7, 11) is 0. The molecular weight excluding hydrogens is 236 g/mol. The fourth-order valence-corrected chi connectivity index (χ4v) is 3.64. The lowest BCUT2D eigenvalue weighted by Gasteiger charge is -2.44. The van der Waals surface area contributed by atoms with Crippen LogP contribution in [0.4, 0.5) is 5.82 Å². The molecule has 0 saturated carbocycles. The molecule has 0 radical (unpaired) electrons. The number of H-pyrrole nitrogens is 1. The molecule has 1 unspecified atom stereocenters. The Morgan fingerprint density at radius 3 is 2.89 bits per heavy atom. The minimum Gasteiger partial charge on any atom is -0.368 e. The molecule has 1 aromatic carbocycles. The van der Waals surface area contributed by atoms with Gasteiger partial charge in [0.15, 0.2) is 5.82 Å². The molecule has 2 N–H and O–H groups in total. The highest BCUT2D eigenvalue weighted by atomic mass is 15.2. The summed E-state index contributed by atoms with van der Waals surface area (Å²) in [6, 6.07) is 8.30. The molecule has 2 bridgehead atoms. The quantitative estimate of drug-likeness (QED) is 0.885. The van der Waals surface area contributed by atoms with Crippen molar-refractivity contribution in [3.63, 3.8) is 0 Å². The van der Waals surface area contributed by atoms with E-state index in [0.29, 0.717) is 0 Å². The molecule has 0 amide bonds. The maximum atomic E-state index is 4.39. The number of piperidine rings is 3. The molecule has 3 saturated heterocycles. The molecule has 3 aliphatic heterocycles. The average molecular weight is 256 g/mol. The van der Waals surface area contributed by atoms with Crippen LogP contribution in [0.25, 0.3) is 10.9 Å². The summed E-state index contributed by atoms with van der Waals surface area (Å²) >= 11 is 0. The van der Waals surface area contributed by atoms with Crippen molar-refractivity contribution in [2.75, 3.05) is 31.5 Å². The number of nitrogens with one attached hydrogen (secondary N) is 2. The van der Waals surface area contributed by atoms with Gasteiger partial charge in [-0.1, -0.05) is 12.1 Å². The highest BCUT2D eigenvalue weighted by Gasteiger charge is 2.33. The predicted octanol–water partition coefficient (Wildman–Crippen LogP) is 2.32. The standard InChI is InChI=1S/C15H20N4/c1-2-4-14-13(3-1)15(18-17-14)16-9-12-10-19-7-5-11(12)6-8-19/h1-4,11-12H,5-10H2,(H2,16,17,18). The summed E-state index contributed by atoms with van der Waals surface area (Å²) in [6.45, 7) is 4.94. The van der Waals surface area contributed by atoms with E-state index in [1.807, 2.05) is 6.07 Å². The van der Waals surface area contributed by atoms with Gasteiger partial charge in [0, 0.05) is 18.5 Å². The van der Waals surface area contributed by atoms with Crippen LogP contribution in [0.1, 0.15) is 12.8 Å². The molecule has 3 fully saturated rings. The third-order valence-electron chi connectivity index (χ3n) is 4.79. The molecule has 1 atom stereocenters. The maximum Gasteiger partial charge on any atom is 0.155 e. The minimum atomic E-state index is 0.790. The van der Waals surface area contributed by atoms with E-state index in [9.17, 15) is 0 Å². The lowest BCUT2D eigenvalue weighted by Crippen LogP contribution is -2.49. The van der Waals surface area contributed by atoms with Crippen molar-refractivity contribution in [3.05, 3.63) is 24.3 Å². The largest absolute Gasteiger partial charge is 0.368 e. The Balaban J connectivity index is 1.47. The first-order chi connectivity index (χ1) is 9.40. The van der Waals surface area contributed by atoms with Gasteiger partial charge in [-0.3, -0.25) is 5.10 Å². The van der Waals surface area contributed by atoms with Gasteiger partial charge in [-0.25, -0.2) is 0 Å². The molecule has 1 aromatic heterocycles. The zero-order valence-electron chi connectivity index (χ0n) is 11.1. The number of aromatic amines is 1. The van der Waals surface area contributed by atoms with Crippen molar-refractivity contribution in [2.24, 2.45) is 11.8 Å². The summed E-state index contributed by atoms with van der Waals surface area (Å²) in [4.78, 5) is 2.61. The fourth-order valence-electron chi connectivity index (χ4n) is 3.64. The van der Waals surface area contributed by atoms with Gasteiger partial charge in [0.1, 0.15) is 0 Å². The van der Waals surface area contributed by atoms with Gasteiger partial charge in [0.05, 0.1) is 5.52 Å². The molecular formula is C15H20N4. The smallest absolute Gasteiger partial charge is 0.155 e. The normalized spacial score (nSPS) is 29.8. The van der Waals surface area contributed by atoms with Crippen LogP contribution in [0, 0.1) is 11.8 Å². The molecule has 4 heteroatoms. The van der Waals surface area contributed by atoms with Gasteiger partial charge in [-0.15, -0.1) is 0 Å². The Hall–Kier alpha value is -1.55. The average Bonchev–Trinajstić information content (AvgIpc) is 2.90. The van der Waals surface area contributed by atoms with E-state index in [4.69, 9.17) is 0 Å². The Morgan fingerprint density at radius 2 is 2.11 bits per heavy atom. The lowest BCUT2D eigenvalue weighted by atomic mass is 9.79. The third-order valence-corrected chi connectivity index (χ3v) is 4.79. The molecule has 5 rings (SSSR count). The van der Waals surface area contributed by atoms with Gasteiger partial charge in [-0.2, -0.15) is 5.10 Å². The van der Waals surface area contributed by atoms with Crippen LogP contribution < -0.4 is 5.32 Å². The van der Waals surface area contributed by atoms with E-state index in [-0.39, 0.29) is 0 Å². The second kappa shape index (κ2) is 4.53. The van der Waals surface area contributed by atoms with Gasteiger partial charge >= 0.3 is 0 Å². The van der Waals surface area contributed by atoms with Gasteiger partial charge in [0.25, 0.3) is 0 Å². The summed E-state index contributed by atoms with van der Waals surface area (Å²) in [5.74, 6) is 2.72. The summed E-state index contributed by atoms with van der Waals surface area (Å²) in [5, 5.41) is 12.2. The third kappa shape index (κ3) is 2.00. The Kier molecular flexibility index (Phi) is 2.69. The lowest BCUT2D eigenvalue weighted by molar-refractivity contribution is 0.0574. The molecule has 0 aliphatic carbocycles. The van der Waals surface area contributed by atoms with E-state index >= 15 is 0 Å². The molecule has 3 aliphatic rings. The monoisotopic (exact) mass is 256 g/mol. The van der Waals surface area contributed by atoms with E-state index in [2.05, 4.69) is 38.6 Å². The van der Waals surface area contributed by atoms with Crippen LogP contribution in [0.2, 0.25) is 0 Å². The van der Waals surface area contributed by atoms with Gasteiger partial charge < -0.3 is 10.2 Å². The highest BCUT2D eigenvalue weighted by molar-refractivity contribution is 5.89. The summed E-state index contributed by atoms with van der Waals surface area (Å²) in [5.41, 5.74) is 1.11. The number of aromatic nitrogens is 2. The second-order valence-electron chi connectivity index (χ2n) is 5.90. The molecule has 4 nitrogen and oxygen atoms in total. The maximum absolute atomic E-state index is 4.39. The second-order valence-corrected chi connectivity index (χ2v) is 5.90. The van der Waals surface area contributed by atoms with E-state index in [1.54, 1.807) is 0 Å². The predicted molar refractivity (Wildman–Crippen MR) is 77.2 cm³/mol. The number of rotatable bonds is 3. The van der Waals surface area contributed by atoms with Gasteiger partial charge in [0.2, 0.25) is 0 Å². The Morgan fingerprint density at radius 1 is 1.26 bits per heavy atom. The minimum absolute atomic E-state index is 0.790. The van der Waals surface area contributed by atoms with Crippen LogP contribution in [-0.2, 0) is 0 Å². The van der Waals surface area contributed by atoms with Crippen LogP contribution in [-0.4, -0.2) is 41.3 Å². The van der Waals surface area contributed by atoms with E-state index < -0.39 is 0 Å². The van der Waals surface area contributed by atoms with Crippen LogP contribution in [0.5, 0.6) is 0 Å². The summed E-state index contributed by atoms with van der Waals surface area (Å²) < 4.78 is 0. The zero-order valence-corrected chi connectivity index (χ0v) is 11.1. The topological polar surface area (TPSA) is 44.0 Å². The van der Waals surface area contributed by atoms with Crippen molar-refractivity contribution >= 4 is 16.7 Å². The van der Waals surface area contributed by atoms with Crippen molar-refractivity contribution < 1.29 is 0 Å². The van der Waals surface area contributed by atoms with E-state index in [1.165, 1.54) is 37.9 Å². The fraction of sp³-hybridized carbons (Fsp3) is 0.533. The first-order valence-corrected chi connectivity index (χ1v) is 7.29. The Bertz CT molecular complexity index is 568. The van der Waals surface area contributed by atoms with Crippen LogP contribution in [0.15, 0.2) is 24.3 Å².